The highest BCUT2D eigenvalue weighted by Gasteiger charge is 2.14. The smallest absolute Gasteiger partial charge is 0.125 e. The molecule has 0 saturated carbocycles. The fourth-order valence-corrected chi connectivity index (χ4v) is 4.59. The average Bonchev–Trinajstić information content (AvgIpc) is 3.51. The van der Waals surface area contributed by atoms with Gasteiger partial charge in [-0.05, 0) is 87.1 Å². The maximum atomic E-state index is 14.6. The molecule has 0 atom stereocenters. The minimum absolute atomic E-state index is 0.314. The van der Waals surface area contributed by atoms with Gasteiger partial charge in [0, 0.05) is 59.1 Å². The van der Waals surface area contributed by atoms with Crippen molar-refractivity contribution in [1.29, 1.82) is 0 Å². The topological polar surface area (TPSA) is 85.5 Å². The number of fused-ring (bicyclic) bond motifs is 1. The zero-order valence-electron chi connectivity index (χ0n) is 22.6. The summed E-state index contributed by atoms with van der Waals surface area (Å²) in [5.74, 6) is -0.314. The van der Waals surface area contributed by atoms with Gasteiger partial charge in [-0.1, -0.05) is 12.7 Å². The molecule has 0 unspecified atom stereocenters. The van der Waals surface area contributed by atoms with Gasteiger partial charge in [-0.2, -0.15) is 5.10 Å². The van der Waals surface area contributed by atoms with Crippen LogP contribution in [0, 0.1) is 12.7 Å². The minimum Gasteiger partial charge on any atom is -0.384 e. The summed E-state index contributed by atoms with van der Waals surface area (Å²) < 4.78 is 14.6. The number of halogens is 1. The van der Waals surface area contributed by atoms with Gasteiger partial charge < -0.3 is 15.2 Å². The third-order valence-corrected chi connectivity index (χ3v) is 6.55. The van der Waals surface area contributed by atoms with Crippen molar-refractivity contribution in [2.45, 2.75) is 13.8 Å². The Kier molecular flexibility index (Phi) is 7.38. The molecule has 0 aliphatic carbocycles. The molecule has 198 valence electrons. The number of rotatable bonds is 8. The number of hydrogen-bond acceptors (Lipinski definition) is 5. The molecule has 0 aliphatic rings. The van der Waals surface area contributed by atoms with Gasteiger partial charge in [0.05, 0.1) is 16.7 Å². The Morgan fingerprint density at radius 3 is 2.74 bits per heavy atom. The van der Waals surface area contributed by atoms with Crippen molar-refractivity contribution in [2.24, 2.45) is 0 Å². The van der Waals surface area contributed by atoms with Crippen LogP contribution in [0.15, 0.2) is 61.6 Å². The van der Waals surface area contributed by atoms with Gasteiger partial charge in [-0.3, -0.25) is 15.1 Å². The molecule has 0 fully saturated rings. The van der Waals surface area contributed by atoms with E-state index in [0.717, 1.165) is 61.8 Å². The lowest BCUT2D eigenvalue weighted by Crippen LogP contribution is -2.23. The summed E-state index contributed by atoms with van der Waals surface area (Å²) in [5, 5.41) is 13.8. The Bertz CT molecular complexity index is 1780. The zero-order chi connectivity index (χ0) is 27.5. The molecule has 4 heterocycles. The second-order valence-electron chi connectivity index (χ2n) is 9.87. The fourth-order valence-electron chi connectivity index (χ4n) is 4.59. The zero-order valence-corrected chi connectivity index (χ0v) is 22.6. The number of H-pyrrole nitrogens is 2. The van der Waals surface area contributed by atoms with Gasteiger partial charge >= 0.3 is 0 Å². The first kappa shape index (κ1) is 26.1. The Morgan fingerprint density at radius 1 is 1.13 bits per heavy atom. The predicted octanol–water partition coefficient (Wildman–Crippen LogP) is 4.73. The molecule has 0 radical (unpaired) electrons. The van der Waals surface area contributed by atoms with E-state index in [1.807, 2.05) is 70.7 Å². The number of benzene rings is 1. The van der Waals surface area contributed by atoms with E-state index in [1.165, 1.54) is 12.1 Å². The maximum Gasteiger partial charge on any atom is 0.125 e. The van der Waals surface area contributed by atoms with Gasteiger partial charge in [0.2, 0.25) is 0 Å². The second-order valence-corrected chi connectivity index (χ2v) is 9.87. The van der Waals surface area contributed by atoms with Crippen molar-refractivity contribution >= 4 is 34.3 Å². The van der Waals surface area contributed by atoms with Crippen LogP contribution in [-0.2, 0) is 0 Å². The average molecular weight is 522 g/mol. The highest BCUT2D eigenvalue weighted by atomic mass is 19.1. The summed E-state index contributed by atoms with van der Waals surface area (Å²) in [4.78, 5) is 14.5. The first-order chi connectivity index (χ1) is 18.8. The molecule has 1 aromatic carbocycles. The first-order valence-corrected chi connectivity index (χ1v) is 12.8. The van der Waals surface area contributed by atoms with Gasteiger partial charge in [0.15, 0.2) is 0 Å². The third kappa shape index (κ3) is 5.66. The molecule has 0 bridgehead atoms. The van der Waals surface area contributed by atoms with Crippen molar-refractivity contribution in [3.8, 4) is 22.6 Å². The van der Waals surface area contributed by atoms with E-state index in [2.05, 4.69) is 48.0 Å². The van der Waals surface area contributed by atoms with Crippen molar-refractivity contribution < 1.29 is 4.39 Å². The Balaban J connectivity index is 1.57. The van der Waals surface area contributed by atoms with Gasteiger partial charge in [0.1, 0.15) is 11.5 Å². The molecule has 7 nitrogen and oxygen atoms in total. The molecule has 3 N–H and O–H groups in total. The lowest BCUT2D eigenvalue weighted by Gasteiger charge is -2.12. The van der Waals surface area contributed by atoms with E-state index >= 15 is 0 Å². The summed E-state index contributed by atoms with van der Waals surface area (Å²) >= 11 is 0. The van der Waals surface area contributed by atoms with Crippen LogP contribution in [0.4, 0.5) is 10.1 Å². The van der Waals surface area contributed by atoms with Crippen LogP contribution >= 0.6 is 0 Å². The van der Waals surface area contributed by atoms with Gasteiger partial charge in [-0.25, -0.2) is 4.39 Å². The van der Waals surface area contributed by atoms with Gasteiger partial charge in [0.25, 0.3) is 0 Å². The number of aromatic nitrogens is 5. The van der Waals surface area contributed by atoms with E-state index in [0.29, 0.717) is 17.8 Å². The van der Waals surface area contributed by atoms with E-state index in [-0.39, 0.29) is 5.82 Å². The van der Waals surface area contributed by atoms with Crippen molar-refractivity contribution in [3.63, 3.8) is 0 Å². The van der Waals surface area contributed by atoms with Crippen molar-refractivity contribution in [2.75, 3.05) is 32.5 Å². The summed E-state index contributed by atoms with van der Waals surface area (Å²) in [6.45, 7) is 9.80. The van der Waals surface area contributed by atoms with Crippen LogP contribution in [0.25, 0.3) is 51.3 Å². The highest BCUT2D eigenvalue weighted by Crippen LogP contribution is 2.31. The molecule has 0 amide bonds. The SMILES string of the molecule is C=C(/C=c1/c(-c2cc3c(-c4cc(F)cc(NCCN(C)C)c4)nccc3[nH]2)n[nH]/c1=C/C)c1cncc(C)c1. The molecular weight excluding hydrogens is 489 g/mol. The number of aryl methyl sites for hydroxylation is 1. The summed E-state index contributed by atoms with van der Waals surface area (Å²) in [6.07, 6.45) is 9.37. The van der Waals surface area contributed by atoms with E-state index in [9.17, 15) is 4.39 Å². The maximum absolute atomic E-state index is 14.6. The Morgan fingerprint density at radius 2 is 1.97 bits per heavy atom. The van der Waals surface area contributed by atoms with Crippen molar-refractivity contribution in [1.82, 2.24) is 30.0 Å². The number of pyridine rings is 2. The summed E-state index contributed by atoms with van der Waals surface area (Å²) in [6, 6.07) is 11.0. The monoisotopic (exact) mass is 521 g/mol. The third-order valence-electron chi connectivity index (χ3n) is 6.55. The van der Waals surface area contributed by atoms with E-state index in [1.54, 1.807) is 6.20 Å². The second kappa shape index (κ2) is 11.0. The van der Waals surface area contributed by atoms with Crippen LogP contribution in [0.3, 0.4) is 0 Å². The summed E-state index contributed by atoms with van der Waals surface area (Å²) in [7, 11) is 4.01. The standard InChI is InChI=1S/C31H32FN7/c1-6-27-25(12-20(3)22-11-19(2)17-33-18-22)31(38-37-27)29-16-26-28(36-29)7-8-35-30(26)21-13-23(32)15-24(14-21)34-9-10-39(4)5/h6-8,11-18,34,36-37H,3,9-10H2,1-2,4-5H3/b25-12+,27-6+. The Labute approximate surface area is 226 Å². The number of hydrogen-bond donors (Lipinski definition) is 3. The number of likely N-dealkylation sites (N-methyl/N-ethyl adjacent to an activating group) is 1. The molecule has 0 spiro atoms. The van der Waals surface area contributed by atoms with Crippen LogP contribution in [0.5, 0.6) is 0 Å². The quantitative estimate of drug-likeness (QED) is 0.275. The lowest BCUT2D eigenvalue weighted by atomic mass is 10.1. The van der Waals surface area contributed by atoms with Crippen molar-refractivity contribution in [3.05, 3.63) is 89.1 Å². The summed E-state index contributed by atoms with van der Waals surface area (Å²) in [5.41, 5.74) is 7.46. The largest absolute Gasteiger partial charge is 0.384 e. The van der Waals surface area contributed by atoms with Crippen LogP contribution < -0.4 is 15.9 Å². The van der Waals surface area contributed by atoms with E-state index in [4.69, 9.17) is 0 Å². The van der Waals surface area contributed by atoms with E-state index < -0.39 is 0 Å². The molecule has 4 aromatic heterocycles. The number of anilines is 1. The van der Waals surface area contributed by atoms with Crippen LogP contribution in [-0.4, -0.2) is 57.2 Å². The van der Waals surface area contributed by atoms with Crippen LogP contribution in [0.2, 0.25) is 0 Å². The molecular formula is C31H32FN7. The van der Waals surface area contributed by atoms with Crippen LogP contribution in [0.1, 0.15) is 18.1 Å². The number of aromatic amines is 2. The molecule has 0 saturated heterocycles. The lowest BCUT2D eigenvalue weighted by molar-refractivity contribution is 0.425. The molecule has 5 aromatic rings. The van der Waals surface area contributed by atoms with Gasteiger partial charge in [-0.15, -0.1) is 0 Å². The highest BCUT2D eigenvalue weighted by molar-refractivity contribution is 5.97. The molecule has 5 rings (SSSR count). The first-order valence-electron chi connectivity index (χ1n) is 12.8. The Hall–Kier alpha value is -4.56. The number of allylic oxidation sites excluding steroid dienone is 1. The normalized spacial score (nSPS) is 12.6. The molecule has 39 heavy (non-hydrogen) atoms. The predicted molar refractivity (Wildman–Crippen MR) is 158 cm³/mol. The fraction of sp³-hybridized carbons (Fsp3) is 0.194. The molecule has 0 aliphatic heterocycles. The molecule has 8 heteroatoms. The number of nitrogens with one attached hydrogen (secondary N) is 3. The number of nitrogens with zero attached hydrogens (tertiary/aromatic N) is 4. The minimum atomic E-state index is -0.314.